The highest BCUT2D eigenvalue weighted by Crippen LogP contribution is 2.17. The van der Waals surface area contributed by atoms with Crippen LogP contribution in [-0.2, 0) is 7.05 Å². The number of nitrogen functional groups attached to an aromatic ring is 1. The maximum atomic E-state index is 5.48. The summed E-state index contributed by atoms with van der Waals surface area (Å²) in [6.07, 6.45) is 6.02. The van der Waals surface area contributed by atoms with Crippen molar-refractivity contribution in [2.75, 3.05) is 5.43 Å². The van der Waals surface area contributed by atoms with Gasteiger partial charge >= 0.3 is 6.01 Å². The molecule has 0 aliphatic carbocycles. The molecule has 20 heavy (non-hydrogen) atoms. The van der Waals surface area contributed by atoms with E-state index in [1.165, 1.54) is 23.5 Å². The summed E-state index contributed by atoms with van der Waals surface area (Å²) in [5, 5.41) is 7.91. The topological polar surface area (TPSA) is 134 Å². The Morgan fingerprint density at radius 1 is 1.25 bits per heavy atom. The van der Waals surface area contributed by atoms with Crippen molar-refractivity contribution in [2.24, 2.45) is 12.9 Å². The minimum atomic E-state index is 0.0615. The smallest absolute Gasteiger partial charge is 0.328 e. The summed E-state index contributed by atoms with van der Waals surface area (Å²) in [5.74, 6) is 6.18. The standard InChI is InChI=1S/C9H10N10O/c1-18-3-6(2-12-18)20-9-15-7(17-10)14-8(16-9)19-5-11-4-13-19/h2-5H,10H2,1H3,(H,14,15,16,17). The van der Waals surface area contributed by atoms with Crippen LogP contribution in [0.25, 0.3) is 5.95 Å². The molecule has 0 atom stereocenters. The molecule has 0 aliphatic heterocycles. The van der Waals surface area contributed by atoms with Crippen LogP contribution in [0, 0.1) is 0 Å². The van der Waals surface area contributed by atoms with E-state index in [1.54, 1.807) is 17.9 Å². The first-order chi connectivity index (χ1) is 9.74. The van der Waals surface area contributed by atoms with E-state index >= 15 is 0 Å². The molecule has 0 spiro atoms. The lowest BCUT2D eigenvalue weighted by Gasteiger charge is -2.05. The van der Waals surface area contributed by atoms with Crippen LogP contribution < -0.4 is 16.0 Å². The van der Waals surface area contributed by atoms with E-state index in [1.807, 2.05) is 0 Å². The highest BCUT2D eigenvalue weighted by Gasteiger charge is 2.10. The highest BCUT2D eigenvalue weighted by molar-refractivity contribution is 5.29. The Kier molecular flexibility index (Phi) is 2.93. The third-order valence-corrected chi connectivity index (χ3v) is 2.25. The lowest BCUT2D eigenvalue weighted by molar-refractivity contribution is 0.437. The molecule has 0 radical (unpaired) electrons. The van der Waals surface area contributed by atoms with Crippen molar-refractivity contribution in [3.8, 4) is 17.7 Å². The van der Waals surface area contributed by atoms with E-state index < -0.39 is 0 Å². The van der Waals surface area contributed by atoms with E-state index in [-0.39, 0.29) is 17.9 Å². The molecule has 0 unspecified atom stereocenters. The fraction of sp³-hybridized carbons (Fsp3) is 0.111. The molecular formula is C9H10N10O. The number of rotatable bonds is 4. The predicted octanol–water partition coefficient (Wildman–Crippen LogP) is -0.736. The Bertz CT molecular complexity index is 705. The molecule has 3 rings (SSSR count). The number of aryl methyl sites for hydroxylation is 1. The number of aromatic nitrogens is 8. The van der Waals surface area contributed by atoms with Crippen LogP contribution in [0.1, 0.15) is 0 Å². The predicted molar refractivity (Wildman–Crippen MR) is 65.8 cm³/mol. The number of hydrogen-bond acceptors (Lipinski definition) is 9. The second-order valence-electron chi connectivity index (χ2n) is 3.68. The van der Waals surface area contributed by atoms with E-state index in [0.29, 0.717) is 5.75 Å². The Morgan fingerprint density at radius 2 is 2.15 bits per heavy atom. The van der Waals surface area contributed by atoms with Gasteiger partial charge in [0.25, 0.3) is 5.95 Å². The fourth-order valence-corrected chi connectivity index (χ4v) is 1.43. The van der Waals surface area contributed by atoms with Crippen LogP contribution in [-0.4, -0.2) is 39.5 Å². The van der Waals surface area contributed by atoms with E-state index in [2.05, 4.69) is 35.6 Å². The number of ether oxygens (including phenoxy) is 1. The average molecular weight is 274 g/mol. The summed E-state index contributed by atoms with van der Waals surface area (Å²) in [6.45, 7) is 0. The molecule has 3 aromatic heterocycles. The molecule has 0 amide bonds. The Morgan fingerprint density at radius 3 is 2.80 bits per heavy atom. The molecule has 0 bridgehead atoms. The number of anilines is 1. The molecule has 0 fully saturated rings. The van der Waals surface area contributed by atoms with Gasteiger partial charge in [0.05, 0.1) is 12.4 Å². The van der Waals surface area contributed by atoms with Crippen molar-refractivity contribution in [1.82, 2.24) is 39.5 Å². The van der Waals surface area contributed by atoms with Gasteiger partial charge in [0.2, 0.25) is 5.95 Å². The monoisotopic (exact) mass is 274 g/mol. The molecule has 11 nitrogen and oxygen atoms in total. The van der Waals surface area contributed by atoms with Crippen molar-refractivity contribution in [3.63, 3.8) is 0 Å². The molecule has 0 saturated heterocycles. The van der Waals surface area contributed by atoms with Gasteiger partial charge in [0.15, 0.2) is 5.75 Å². The van der Waals surface area contributed by atoms with Gasteiger partial charge in [-0.05, 0) is 0 Å². The Labute approximate surface area is 112 Å². The maximum Gasteiger partial charge on any atom is 0.328 e. The third kappa shape index (κ3) is 2.37. The fourth-order valence-electron chi connectivity index (χ4n) is 1.43. The first-order valence-electron chi connectivity index (χ1n) is 5.49. The lowest BCUT2D eigenvalue weighted by atomic mass is 10.6. The van der Waals surface area contributed by atoms with Gasteiger partial charge in [-0.3, -0.25) is 10.1 Å². The second kappa shape index (κ2) is 4.89. The quantitative estimate of drug-likeness (QED) is 0.466. The zero-order valence-corrected chi connectivity index (χ0v) is 10.4. The first kappa shape index (κ1) is 12.0. The van der Waals surface area contributed by atoms with Crippen molar-refractivity contribution in [2.45, 2.75) is 0 Å². The third-order valence-electron chi connectivity index (χ3n) is 2.25. The van der Waals surface area contributed by atoms with E-state index in [4.69, 9.17) is 10.6 Å². The van der Waals surface area contributed by atoms with Gasteiger partial charge in [0.1, 0.15) is 12.7 Å². The van der Waals surface area contributed by atoms with Gasteiger partial charge in [-0.1, -0.05) is 0 Å². The molecule has 102 valence electrons. The van der Waals surface area contributed by atoms with Crippen LogP contribution in [0.15, 0.2) is 25.0 Å². The number of hydrogen-bond donors (Lipinski definition) is 2. The number of hydrazine groups is 1. The minimum absolute atomic E-state index is 0.0615. The summed E-state index contributed by atoms with van der Waals surface area (Å²) in [6, 6.07) is 0.0615. The highest BCUT2D eigenvalue weighted by atomic mass is 16.5. The molecule has 3 heterocycles. The summed E-state index contributed by atoms with van der Waals surface area (Å²) in [5.41, 5.74) is 2.34. The Hall–Kier alpha value is -3.08. The van der Waals surface area contributed by atoms with Crippen LogP contribution in [0.4, 0.5) is 5.95 Å². The van der Waals surface area contributed by atoms with Gasteiger partial charge in [-0.25, -0.2) is 10.8 Å². The number of nitrogens with zero attached hydrogens (tertiary/aromatic N) is 8. The average Bonchev–Trinajstić information content (AvgIpc) is 3.10. The van der Waals surface area contributed by atoms with E-state index in [0.717, 1.165) is 0 Å². The zero-order valence-electron chi connectivity index (χ0n) is 10.4. The minimum Gasteiger partial charge on any atom is -0.421 e. The summed E-state index contributed by atoms with van der Waals surface area (Å²) in [4.78, 5) is 16.0. The normalized spacial score (nSPS) is 10.5. The van der Waals surface area contributed by atoms with Crippen LogP contribution in [0.2, 0.25) is 0 Å². The molecule has 0 aliphatic rings. The van der Waals surface area contributed by atoms with Crippen LogP contribution in [0.3, 0.4) is 0 Å². The Balaban J connectivity index is 1.96. The van der Waals surface area contributed by atoms with Crippen molar-refractivity contribution >= 4 is 5.95 Å². The van der Waals surface area contributed by atoms with E-state index in [9.17, 15) is 0 Å². The summed E-state index contributed by atoms with van der Waals surface area (Å²) in [7, 11) is 1.77. The van der Waals surface area contributed by atoms with Crippen molar-refractivity contribution in [1.29, 1.82) is 0 Å². The second-order valence-corrected chi connectivity index (χ2v) is 3.68. The maximum absolute atomic E-state index is 5.48. The van der Waals surface area contributed by atoms with Crippen LogP contribution in [0.5, 0.6) is 11.8 Å². The van der Waals surface area contributed by atoms with Crippen molar-refractivity contribution < 1.29 is 4.74 Å². The molecular weight excluding hydrogens is 264 g/mol. The largest absolute Gasteiger partial charge is 0.421 e. The number of nitrogens with one attached hydrogen (secondary N) is 1. The molecule has 11 heteroatoms. The molecule has 3 aromatic rings. The van der Waals surface area contributed by atoms with Gasteiger partial charge in [-0.15, -0.1) is 0 Å². The lowest BCUT2D eigenvalue weighted by Crippen LogP contribution is -2.14. The zero-order chi connectivity index (χ0) is 13.9. The van der Waals surface area contributed by atoms with Gasteiger partial charge < -0.3 is 4.74 Å². The van der Waals surface area contributed by atoms with Gasteiger partial charge in [0, 0.05) is 7.05 Å². The van der Waals surface area contributed by atoms with Gasteiger partial charge in [-0.2, -0.15) is 29.8 Å². The molecule has 0 aromatic carbocycles. The first-order valence-corrected chi connectivity index (χ1v) is 5.49. The summed E-state index contributed by atoms with van der Waals surface area (Å²) < 4.78 is 8.43. The SMILES string of the molecule is Cn1cc(Oc2nc(NN)nc(-n3cncn3)n2)cn1. The number of nitrogens with two attached hydrogens (primary N) is 1. The molecule has 3 N–H and O–H groups in total. The van der Waals surface area contributed by atoms with Crippen LogP contribution >= 0.6 is 0 Å². The van der Waals surface area contributed by atoms with Crippen molar-refractivity contribution in [3.05, 3.63) is 25.0 Å². The summed E-state index contributed by atoms with van der Waals surface area (Å²) >= 11 is 0. The molecule has 0 saturated carbocycles.